The number of oxazole rings is 1. The van der Waals surface area contributed by atoms with Gasteiger partial charge < -0.3 is 14.1 Å². The van der Waals surface area contributed by atoms with Crippen molar-refractivity contribution < 1.29 is 14.3 Å². The van der Waals surface area contributed by atoms with Crippen molar-refractivity contribution in [1.82, 2.24) is 9.55 Å². The summed E-state index contributed by atoms with van der Waals surface area (Å²) in [4.78, 5) is 16.5. The molecule has 168 valence electrons. The number of fused-ring (bicyclic) bond motifs is 1. The number of aromatic nitrogens is 2. The van der Waals surface area contributed by atoms with Crippen LogP contribution in [0.1, 0.15) is 17.0 Å². The standard InChI is InChI=1S/C28H22N2O3S/c1-18-16-22(17-26(27(31)32)34-28-29-24-10-6-7-11-25(24)33-28)19(2)30(18)23-14-12-21(13-15-23)20-8-4-3-5-9-20/h3-17H,1-2H3,(H,31,32)/b26-17-. The van der Waals surface area contributed by atoms with E-state index in [2.05, 4.69) is 45.9 Å². The monoisotopic (exact) mass is 466 g/mol. The van der Waals surface area contributed by atoms with Gasteiger partial charge in [0.05, 0.1) is 0 Å². The van der Waals surface area contributed by atoms with Gasteiger partial charge in [0.25, 0.3) is 5.22 Å². The summed E-state index contributed by atoms with van der Waals surface area (Å²) in [5.41, 5.74) is 7.49. The number of aliphatic carboxylic acids is 1. The predicted octanol–water partition coefficient (Wildman–Crippen LogP) is 7.12. The first-order valence-electron chi connectivity index (χ1n) is 10.8. The van der Waals surface area contributed by atoms with Gasteiger partial charge in [-0.3, -0.25) is 0 Å². The van der Waals surface area contributed by atoms with Crippen molar-refractivity contribution in [3.63, 3.8) is 0 Å². The van der Waals surface area contributed by atoms with E-state index in [9.17, 15) is 9.90 Å². The van der Waals surface area contributed by atoms with Crippen molar-refractivity contribution in [3.8, 4) is 16.8 Å². The Balaban J connectivity index is 1.46. The molecule has 34 heavy (non-hydrogen) atoms. The third kappa shape index (κ3) is 4.28. The first-order chi connectivity index (χ1) is 16.5. The Morgan fingerprint density at radius 2 is 1.62 bits per heavy atom. The molecule has 6 heteroatoms. The first kappa shape index (κ1) is 21.8. The van der Waals surface area contributed by atoms with E-state index in [-0.39, 0.29) is 4.91 Å². The molecule has 2 aromatic heterocycles. The summed E-state index contributed by atoms with van der Waals surface area (Å²) >= 11 is 1.01. The number of aryl methyl sites for hydroxylation is 1. The molecule has 0 unspecified atom stereocenters. The minimum atomic E-state index is -1.02. The molecule has 0 aliphatic heterocycles. The van der Waals surface area contributed by atoms with Gasteiger partial charge in [-0.1, -0.05) is 54.6 Å². The van der Waals surface area contributed by atoms with Crippen LogP contribution in [-0.4, -0.2) is 20.6 Å². The molecule has 0 aliphatic carbocycles. The number of rotatable bonds is 6. The van der Waals surface area contributed by atoms with Gasteiger partial charge in [-0.15, -0.1) is 0 Å². The molecule has 0 bridgehead atoms. The molecule has 0 amide bonds. The van der Waals surface area contributed by atoms with Crippen molar-refractivity contribution in [2.24, 2.45) is 0 Å². The normalized spacial score (nSPS) is 11.8. The van der Waals surface area contributed by atoms with Crippen molar-refractivity contribution in [1.29, 1.82) is 0 Å². The molecule has 5 nitrogen and oxygen atoms in total. The fourth-order valence-electron chi connectivity index (χ4n) is 4.03. The highest BCUT2D eigenvalue weighted by Gasteiger charge is 2.17. The summed E-state index contributed by atoms with van der Waals surface area (Å²) in [5.74, 6) is -1.02. The number of carboxylic acid groups (broad SMARTS) is 1. The smallest absolute Gasteiger partial charge is 0.342 e. The van der Waals surface area contributed by atoms with Crippen molar-refractivity contribution in [3.05, 3.63) is 107 Å². The molecule has 0 fully saturated rings. The van der Waals surface area contributed by atoms with E-state index in [1.165, 1.54) is 5.56 Å². The number of para-hydroxylation sites is 2. The van der Waals surface area contributed by atoms with Crippen LogP contribution in [0.15, 0.2) is 99.5 Å². The molecular formula is C28H22N2O3S. The molecule has 3 aromatic carbocycles. The highest BCUT2D eigenvalue weighted by molar-refractivity contribution is 8.03. The maximum Gasteiger partial charge on any atom is 0.342 e. The van der Waals surface area contributed by atoms with Gasteiger partial charge >= 0.3 is 5.97 Å². The number of hydrogen-bond donors (Lipinski definition) is 1. The van der Waals surface area contributed by atoms with Crippen LogP contribution in [0, 0.1) is 13.8 Å². The Bertz CT molecular complexity index is 1480. The lowest BCUT2D eigenvalue weighted by molar-refractivity contribution is -0.131. The summed E-state index contributed by atoms with van der Waals surface area (Å²) < 4.78 is 7.83. The van der Waals surface area contributed by atoms with Gasteiger partial charge in [0.2, 0.25) is 0 Å². The fraction of sp³-hybridized carbons (Fsp3) is 0.0714. The molecule has 0 saturated heterocycles. The highest BCUT2D eigenvalue weighted by Crippen LogP contribution is 2.32. The summed E-state index contributed by atoms with van der Waals surface area (Å²) in [6.07, 6.45) is 1.68. The van der Waals surface area contributed by atoms with Crippen LogP contribution in [0.5, 0.6) is 0 Å². The van der Waals surface area contributed by atoms with Gasteiger partial charge in [-0.2, -0.15) is 0 Å². The Labute approximate surface area is 201 Å². The lowest BCUT2D eigenvalue weighted by Gasteiger charge is -2.11. The van der Waals surface area contributed by atoms with E-state index in [1.54, 1.807) is 6.08 Å². The van der Waals surface area contributed by atoms with Crippen molar-refractivity contribution >= 4 is 34.9 Å². The molecule has 0 atom stereocenters. The summed E-state index contributed by atoms with van der Waals surface area (Å²) in [5, 5.41) is 10.1. The van der Waals surface area contributed by atoms with Gasteiger partial charge in [-0.05, 0) is 78.7 Å². The number of carboxylic acids is 1. The second kappa shape index (κ2) is 9.08. The molecule has 0 spiro atoms. The average molecular weight is 467 g/mol. The van der Waals surface area contributed by atoms with E-state index in [4.69, 9.17) is 4.42 Å². The third-order valence-electron chi connectivity index (χ3n) is 5.67. The van der Waals surface area contributed by atoms with Crippen molar-refractivity contribution in [2.45, 2.75) is 19.1 Å². The van der Waals surface area contributed by atoms with Gasteiger partial charge in [0, 0.05) is 17.1 Å². The van der Waals surface area contributed by atoms with Crippen molar-refractivity contribution in [2.75, 3.05) is 0 Å². The number of nitrogens with zero attached hydrogens (tertiary/aromatic N) is 2. The summed E-state index contributed by atoms with van der Waals surface area (Å²) in [6, 6.07) is 28.0. The largest absolute Gasteiger partial charge is 0.477 e. The van der Waals surface area contributed by atoms with Crippen LogP contribution >= 0.6 is 11.8 Å². The van der Waals surface area contributed by atoms with Crippen LogP contribution in [0.25, 0.3) is 34.0 Å². The zero-order chi connectivity index (χ0) is 23.7. The first-order valence-corrected chi connectivity index (χ1v) is 11.6. The quantitative estimate of drug-likeness (QED) is 0.213. The Morgan fingerprint density at radius 1 is 0.941 bits per heavy atom. The molecule has 1 N–H and O–H groups in total. The predicted molar refractivity (Wildman–Crippen MR) is 136 cm³/mol. The molecule has 0 aliphatic rings. The van der Waals surface area contributed by atoms with Crippen LogP contribution < -0.4 is 0 Å². The highest BCUT2D eigenvalue weighted by atomic mass is 32.2. The fourth-order valence-corrected chi connectivity index (χ4v) is 4.77. The Morgan fingerprint density at radius 3 is 2.32 bits per heavy atom. The van der Waals surface area contributed by atoms with E-state index in [0.717, 1.165) is 40.0 Å². The van der Waals surface area contributed by atoms with Crippen LogP contribution in [0.3, 0.4) is 0 Å². The Kier molecular flexibility index (Phi) is 5.82. The third-order valence-corrected chi connectivity index (χ3v) is 6.53. The lowest BCUT2D eigenvalue weighted by atomic mass is 10.1. The van der Waals surface area contributed by atoms with E-state index in [0.29, 0.717) is 16.3 Å². The van der Waals surface area contributed by atoms with Crippen LogP contribution in [0.2, 0.25) is 0 Å². The van der Waals surface area contributed by atoms with Crippen LogP contribution in [-0.2, 0) is 4.79 Å². The molecular weight excluding hydrogens is 444 g/mol. The zero-order valence-electron chi connectivity index (χ0n) is 18.7. The van der Waals surface area contributed by atoms with Gasteiger partial charge in [-0.25, -0.2) is 9.78 Å². The topological polar surface area (TPSA) is 68.3 Å². The summed E-state index contributed by atoms with van der Waals surface area (Å²) in [6.45, 7) is 4.01. The van der Waals surface area contributed by atoms with Gasteiger partial charge in [0.1, 0.15) is 10.4 Å². The maximum absolute atomic E-state index is 12.0. The zero-order valence-corrected chi connectivity index (χ0v) is 19.5. The summed E-state index contributed by atoms with van der Waals surface area (Å²) in [7, 11) is 0. The van der Waals surface area contributed by atoms with E-state index in [1.807, 2.05) is 62.4 Å². The SMILES string of the molecule is Cc1cc(/C=C(\Sc2nc3ccccc3o2)C(=O)O)c(C)n1-c1ccc(-c2ccccc2)cc1. The van der Waals surface area contributed by atoms with E-state index < -0.39 is 5.97 Å². The van der Waals surface area contributed by atoms with Crippen LogP contribution in [0.4, 0.5) is 0 Å². The van der Waals surface area contributed by atoms with Gasteiger partial charge in [0.15, 0.2) is 5.58 Å². The lowest BCUT2D eigenvalue weighted by Crippen LogP contribution is -2.00. The number of benzene rings is 3. The van der Waals surface area contributed by atoms with E-state index >= 15 is 0 Å². The number of thioether (sulfide) groups is 1. The minimum absolute atomic E-state index is 0.145. The molecule has 2 heterocycles. The second-order valence-corrected chi connectivity index (χ2v) is 8.93. The molecule has 0 radical (unpaired) electrons. The Hall–Kier alpha value is -4.03. The average Bonchev–Trinajstić information content (AvgIpc) is 3.38. The maximum atomic E-state index is 12.0. The minimum Gasteiger partial charge on any atom is -0.477 e. The molecule has 5 rings (SSSR count). The molecule has 5 aromatic rings. The number of carbonyl (C=O) groups is 1. The second-order valence-electron chi connectivity index (χ2n) is 7.94. The molecule has 0 saturated carbocycles. The number of hydrogen-bond acceptors (Lipinski definition) is 4.